The number of methoxy groups -OCH3 is 2. The third kappa shape index (κ3) is 3.20. The van der Waals surface area contributed by atoms with Crippen molar-refractivity contribution in [1.82, 2.24) is 14.8 Å². The average molecular weight is 354 g/mol. The second-order valence-electron chi connectivity index (χ2n) is 6.24. The Morgan fingerprint density at radius 2 is 1.96 bits per heavy atom. The lowest BCUT2D eigenvalue weighted by molar-refractivity contribution is 0.102. The largest absolute Gasteiger partial charge is 0.497 e. The van der Waals surface area contributed by atoms with Gasteiger partial charge in [-0.2, -0.15) is 5.10 Å². The number of anilines is 1. The molecule has 0 aliphatic rings. The van der Waals surface area contributed by atoms with Crippen molar-refractivity contribution in [3.63, 3.8) is 0 Å². The van der Waals surface area contributed by atoms with Crippen molar-refractivity contribution in [3.05, 3.63) is 41.7 Å². The zero-order valence-corrected chi connectivity index (χ0v) is 15.5. The van der Waals surface area contributed by atoms with E-state index in [2.05, 4.69) is 15.4 Å². The van der Waals surface area contributed by atoms with Crippen LogP contribution in [0.15, 0.2) is 30.5 Å². The molecule has 0 aliphatic carbocycles. The lowest BCUT2D eigenvalue weighted by atomic mass is 10.1. The Morgan fingerprint density at radius 3 is 2.62 bits per heavy atom. The molecule has 1 N–H and O–H groups in total. The predicted octanol–water partition coefficient (Wildman–Crippen LogP) is 3.59. The van der Waals surface area contributed by atoms with Gasteiger partial charge in [0.15, 0.2) is 5.65 Å². The van der Waals surface area contributed by atoms with Crippen LogP contribution >= 0.6 is 0 Å². The Morgan fingerprint density at radius 1 is 1.19 bits per heavy atom. The van der Waals surface area contributed by atoms with Crippen LogP contribution < -0.4 is 14.8 Å². The van der Waals surface area contributed by atoms with Gasteiger partial charge in [0.2, 0.25) is 0 Å². The maximum Gasteiger partial charge on any atom is 0.257 e. The highest BCUT2D eigenvalue weighted by atomic mass is 16.5. The first kappa shape index (κ1) is 17.7. The fourth-order valence-corrected chi connectivity index (χ4v) is 2.77. The van der Waals surface area contributed by atoms with Crippen LogP contribution in [-0.2, 0) is 0 Å². The van der Waals surface area contributed by atoms with Crippen LogP contribution in [0.5, 0.6) is 11.5 Å². The molecule has 26 heavy (non-hydrogen) atoms. The van der Waals surface area contributed by atoms with E-state index in [1.54, 1.807) is 38.6 Å². The molecular formula is C19H22N4O3. The molecule has 1 amide bonds. The topological polar surface area (TPSA) is 78.3 Å². The normalized spacial score (nSPS) is 11.0. The van der Waals surface area contributed by atoms with Gasteiger partial charge in [-0.15, -0.1) is 0 Å². The summed E-state index contributed by atoms with van der Waals surface area (Å²) >= 11 is 0. The van der Waals surface area contributed by atoms with Gasteiger partial charge in [-0.05, 0) is 39.0 Å². The summed E-state index contributed by atoms with van der Waals surface area (Å²) in [5, 5.41) is 8.06. The van der Waals surface area contributed by atoms with Crippen LogP contribution in [0, 0.1) is 6.92 Å². The number of carbonyl (C=O) groups excluding carboxylic acids is 1. The molecule has 0 saturated heterocycles. The number of hydrogen-bond donors (Lipinski definition) is 1. The van der Waals surface area contributed by atoms with Gasteiger partial charge in [0.25, 0.3) is 5.91 Å². The molecule has 7 heteroatoms. The number of rotatable bonds is 5. The van der Waals surface area contributed by atoms with E-state index >= 15 is 0 Å². The standard InChI is InChI=1S/C19H22N4O3/c1-11(2)23-18-13(10-20-23)8-15(12(3)21-18)19(24)22-16-9-14(25-4)6-7-17(16)26-5/h6-11H,1-5H3,(H,22,24). The summed E-state index contributed by atoms with van der Waals surface area (Å²) in [4.78, 5) is 17.4. The van der Waals surface area contributed by atoms with Crippen molar-refractivity contribution in [2.45, 2.75) is 26.8 Å². The van der Waals surface area contributed by atoms with E-state index in [1.807, 2.05) is 31.5 Å². The van der Waals surface area contributed by atoms with Crippen molar-refractivity contribution in [2.24, 2.45) is 0 Å². The average Bonchev–Trinajstić information content (AvgIpc) is 3.03. The number of hydrogen-bond acceptors (Lipinski definition) is 5. The monoisotopic (exact) mass is 354 g/mol. The molecule has 0 saturated carbocycles. The Bertz CT molecular complexity index is 963. The molecule has 0 fully saturated rings. The molecule has 3 aromatic rings. The molecule has 1 aromatic carbocycles. The third-order valence-corrected chi connectivity index (χ3v) is 4.15. The van der Waals surface area contributed by atoms with Gasteiger partial charge in [-0.25, -0.2) is 9.67 Å². The SMILES string of the molecule is COc1ccc(OC)c(NC(=O)c2cc3cnn(C(C)C)c3nc2C)c1. The summed E-state index contributed by atoms with van der Waals surface area (Å²) in [5.74, 6) is 0.920. The minimum Gasteiger partial charge on any atom is -0.497 e. The number of aryl methyl sites for hydroxylation is 1. The summed E-state index contributed by atoms with van der Waals surface area (Å²) in [7, 11) is 3.12. The highest BCUT2D eigenvalue weighted by molar-refractivity contribution is 6.07. The maximum atomic E-state index is 12.8. The summed E-state index contributed by atoms with van der Waals surface area (Å²) in [6.07, 6.45) is 1.73. The zero-order chi connectivity index (χ0) is 18.8. The van der Waals surface area contributed by atoms with E-state index < -0.39 is 0 Å². The van der Waals surface area contributed by atoms with Crippen molar-refractivity contribution >= 4 is 22.6 Å². The fraction of sp³-hybridized carbons (Fsp3) is 0.316. The number of pyridine rings is 1. The van der Waals surface area contributed by atoms with Crippen LogP contribution in [0.2, 0.25) is 0 Å². The summed E-state index contributed by atoms with van der Waals surface area (Å²) in [5.41, 5.74) is 2.44. The first-order valence-corrected chi connectivity index (χ1v) is 8.32. The van der Waals surface area contributed by atoms with Gasteiger partial charge in [0.05, 0.1) is 37.4 Å². The number of ether oxygens (including phenoxy) is 2. The second-order valence-corrected chi connectivity index (χ2v) is 6.24. The van der Waals surface area contributed by atoms with Crippen LogP contribution in [0.25, 0.3) is 11.0 Å². The smallest absolute Gasteiger partial charge is 0.257 e. The van der Waals surface area contributed by atoms with Crippen molar-refractivity contribution in [3.8, 4) is 11.5 Å². The molecule has 2 heterocycles. The molecular weight excluding hydrogens is 332 g/mol. The highest BCUT2D eigenvalue weighted by Crippen LogP contribution is 2.29. The van der Waals surface area contributed by atoms with Crippen molar-refractivity contribution < 1.29 is 14.3 Å². The van der Waals surface area contributed by atoms with E-state index in [1.165, 1.54) is 0 Å². The van der Waals surface area contributed by atoms with Crippen LogP contribution in [0.3, 0.4) is 0 Å². The Balaban J connectivity index is 1.97. The van der Waals surface area contributed by atoms with Gasteiger partial charge < -0.3 is 14.8 Å². The Kier molecular flexibility index (Phi) is 4.79. The van der Waals surface area contributed by atoms with Crippen molar-refractivity contribution in [2.75, 3.05) is 19.5 Å². The number of amides is 1. The highest BCUT2D eigenvalue weighted by Gasteiger charge is 2.17. The van der Waals surface area contributed by atoms with Crippen LogP contribution in [0.1, 0.15) is 35.9 Å². The predicted molar refractivity (Wildman–Crippen MR) is 100 cm³/mol. The van der Waals surface area contributed by atoms with E-state index in [4.69, 9.17) is 9.47 Å². The molecule has 0 unspecified atom stereocenters. The second kappa shape index (κ2) is 7.03. The van der Waals surface area contributed by atoms with Crippen molar-refractivity contribution in [1.29, 1.82) is 0 Å². The fourth-order valence-electron chi connectivity index (χ4n) is 2.77. The number of aromatic nitrogens is 3. The van der Waals surface area contributed by atoms with Crippen LogP contribution in [-0.4, -0.2) is 34.9 Å². The Hall–Kier alpha value is -3.09. The van der Waals surface area contributed by atoms with Gasteiger partial charge in [-0.3, -0.25) is 4.79 Å². The number of nitrogens with zero attached hydrogens (tertiary/aromatic N) is 3. The van der Waals surface area contributed by atoms with E-state index in [-0.39, 0.29) is 11.9 Å². The van der Waals surface area contributed by atoms with Gasteiger partial charge in [0, 0.05) is 17.5 Å². The Labute approximate surface area is 151 Å². The number of benzene rings is 1. The van der Waals surface area contributed by atoms with E-state index in [9.17, 15) is 4.79 Å². The molecule has 0 radical (unpaired) electrons. The number of nitrogens with one attached hydrogen (secondary N) is 1. The summed E-state index contributed by atoms with van der Waals surface area (Å²) in [6, 6.07) is 7.24. The molecule has 7 nitrogen and oxygen atoms in total. The van der Waals surface area contributed by atoms with Gasteiger partial charge in [-0.1, -0.05) is 0 Å². The lowest BCUT2D eigenvalue weighted by Crippen LogP contribution is -2.15. The van der Waals surface area contributed by atoms with Crippen LogP contribution in [0.4, 0.5) is 5.69 Å². The molecule has 136 valence electrons. The van der Waals surface area contributed by atoms with Gasteiger partial charge >= 0.3 is 0 Å². The third-order valence-electron chi connectivity index (χ3n) is 4.15. The minimum absolute atomic E-state index is 0.195. The molecule has 0 aliphatic heterocycles. The quantitative estimate of drug-likeness (QED) is 0.757. The van der Waals surface area contributed by atoms with E-state index in [0.717, 1.165) is 11.0 Å². The minimum atomic E-state index is -0.263. The molecule has 2 aromatic heterocycles. The van der Waals surface area contributed by atoms with E-state index in [0.29, 0.717) is 28.4 Å². The number of carbonyl (C=O) groups is 1. The molecule has 0 spiro atoms. The summed E-state index contributed by atoms with van der Waals surface area (Å²) < 4.78 is 12.4. The molecule has 3 rings (SSSR count). The molecule has 0 bridgehead atoms. The first-order valence-electron chi connectivity index (χ1n) is 8.32. The zero-order valence-electron chi connectivity index (χ0n) is 15.5. The number of fused-ring (bicyclic) bond motifs is 1. The lowest BCUT2D eigenvalue weighted by Gasteiger charge is -2.13. The molecule has 0 atom stereocenters. The summed E-state index contributed by atoms with van der Waals surface area (Å²) in [6.45, 7) is 5.90. The maximum absolute atomic E-state index is 12.8. The first-order chi connectivity index (χ1) is 12.4. The van der Waals surface area contributed by atoms with Gasteiger partial charge in [0.1, 0.15) is 11.5 Å².